The van der Waals surface area contributed by atoms with Crippen molar-refractivity contribution in [1.29, 1.82) is 0 Å². The number of alkyl halides is 1. The van der Waals surface area contributed by atoms with Crippen molar-refractivity contribution in [3.63, 3.8) is 0 Å². The lowest BCUT2D eigenvalue weighted by Gasteiger charge is -2.32. The molecule has 2 aliphatic rings. The van der Waals surface area contributed by atoms with Crippen LogP contribution in [0.5, 0.6) is 5.88 Å². The first kappa shape index (κ1) is 48.7. The first-order valence-electron chi connectivity index (χ1n) is 20.3. The predicted octanol–water partition coefficient (Wildman–Crippen LogP) is -0.720. The number of methoxy groups -OCH3 is 1. The molecule has 3 aromatic heterocycles. The van der Waals surface area contributed by atoms with Gasteiger partial charge in [0.25, 0.3) is 5.88 Å². The molecule has 7 N–H and O–H groups in total. The Hall–Kier alpha value is -5.98. The van der Waals surface area contributed by atoms with Gasteiger partial charge in [-0.3, -0.25) is 48.3 Å². The summed E-state index contributed by atoms with van der Waals surface area (Å²) in [5.74, 6) is -2.46. The minimum absolute atomic E-state index is 0.0584. The normalized spacial score (nSPS) is 17.3. The number of ether oxygens (including phenoxy) is 1. The van der Waals surface area contributed by atoms with Crippen molar-refractivity contribution in [3.8, 4) is 5.88 Å². The number of anilines is 3. The fourth-order valence-electron chi connectivity index (χ4n) is 6.85. The minimum Gasteiger partial charge on any atom is -0.480 e. The van der Waals surface area contributed by atoms with Crippen LogP contribution in [0.1, 0.15) is 25.7 Å². The van der Waals surface area contributed by atoms with Gasteiger partial charge in [0.05, 0.1) is 52.4 Å². The van der Waals surface area contributed by atoms with Gasteiger partial charge in [-0.05, 0) is 31.8 Å². The number of hydrogen-bond donors (Lipinski definition) is 6. The quantitative estimate of drug-likeness (QED) is 0.0640. The number of primary amides is 1. The highest BCUT2D eigenvalue weighted by Crippen LogP contribution is 2.31. The number of aryl methyl sites for hydroxylation is 2. The zero-order chi connectivity index (χ0) is 45.2. The van der Waals surface area contributed by atoms with Gasteiger partial charge in [-0.25, -0.2) is 9.37 Å². The monoisotopic (exact) mass is 874 g/mol. The topological polar surface area (TPSA) is 283 Å². The van der Waals surface area contributed by atoms with Gasteiger partial charge in [0.2, 0.25) is 17.8 Å². The Morgan fingerprint density at radius 3 is 1.90 bits per heavy atom. The number of carbonyl (C=O) groups excluding carboxylic acids is 2. The molecular weight excluding hydrogens is 816 g/mol. The first-order valence-corrected chi connectivity index (χ1v) is 20.3. The second kappa shape index (κ2) is 24.5. The van der Waals surface area contributed by atoms with Crippen LogP contribution in [-0.4, -0.2) is 205 Å². The van der Waals surface area contributed by atoms with Gasteiger partial charge in [0, 0.05) is 79.0 Å². The van der Waals surface area contributed by atoms with E-state index in [1.807, 2.05) is 23.0 Å². The van der Waals surface area contributed by atoms with Crippen molar-refractivity contribution in [2.45, 2.75) is 38.4 Å². The number of aromatic nitrogens is 6. The Morgan fingerprint density at radius 2 is 1.42 bits per heavy atom. The fourth-order valence-corrected chi connectivity index (χ4v) is 6.85. The van der Waals surface area contributed by atoms with E-state index in [-0.39, 0.29) is 38.6 Å². The molecule has 0 bridgehead atoms. The molecule has 2 amide bonds. The first-order chi connectivity index (χ1) is 29.6. The van der Waals surface area contributed by atoms with Crippen LogP contribution in [0.15, 0.2) is 25.2 Å². The average molecular weight is 875 g/mol. The zero-order valence-corrected chi connectivity index (χ0v) is 35.3. The number of carboxylic acids is 3. The van der Waals surface area contributed by atoms with Crippen molar-refractivity contribution >= 4 is 58.3 Å². The van der Waals surface area contributed by atoms with Gasteiger partial charge >= 0.3 is 17.9 Å². The number of nitrogens with two attached hydrogens (primary N) is 1. The number of fused-ring (bicyclic) bond motifs is 1. The van der Waals surface area contributed by atoms with Gasteiger partial charge < -0.3 is 45.9 Å². The fraction of sp³-hybridized carbons (Fsp3) is 0.605. The molecule has 0 aromatic carbocycles. The molecule has 2 aliphatic heterocycles. The number of aliphatic carboxylic acids is 3. The molecule has 0 radical (unpaired) electrons. The van der Waals surface area contributed by atoms with Crippen molar-refractivity contribution in [2.75, 3.05) is 115 Å². The maximum absolute atomic E-state index is 14.0. The number of nitrogens with zero attached hydrogens (tertiary/aromatic N) is 11. The van der Waals surface area contributed by atoms with E-state index in [4.69, 9.17) is 4.74 Å². The SMILES string of the molecule is C=CC(N)=O.COc1nn(CCCCCNC(=O)CN2CCN(CC(=O)O)CCN(CC(=O)O)CCN(CC(=O)O)CC2)cc1Nc1nc(N2CCC(F)C2)nc2c1ncn2C. The van der Waals surface area contributed by atoms with Gasteiger partial charge in [0.1, 0.15) is 11.9 Å². The number of amides is 2. The largest absolute Gasteiger partial charge is 0.480 e. The third kappa shape index (κ3) is 16.1. The van der Waals surface area contributed by atoms with Gasteiger partial charge in [-0.2, -0.15) is 9.97 Å². The molecule has 62 heavy (non-hydrogen) atoms. The summed E-state index contributed by atoms with van der Waals surface area (Å²) < 4.78 is 23.1. The molecule has 5 rings (SSSR count). The van der Waals surface area contributed by atoms with E-state index in [0.717, 1.165) is 25.3 Å². The van der Waals surface area contributed by atoms with Crippen LogP contribution < -0.4 is 26.0 Å². The Kier molecular flexibility index (Phi) is 19.2. The summed E-state index contributed by atoms with van der Waals surface area (Å²) in [7, 11) is 3.37. The number of hydrogen-bond acceptors (Lipinski definition) is 16. The van der Waals surface area contributed by atoms with Crippen LogP contribution in [0.2, 0.25) is 0 Å². The highest BCUT2D eigenvalue weighted by Gasteiger charge is 2.26. The maximum Gasteiger partial charge on any atom is 0.317 e. The van der Waals surface area contributed by atoms with Crippen LogP contribution in [0.4, 0.5) is 21.8 Å². The van der Waals surface area contributed by atoms with Crippen molar-refractivity contribution in [3.05, 3.63) is 25.2 Å². The molecule has 0 spiro atoms. The molecule has 2 fully saturated rings. The molecule has 24 heteroatoms. The summed E-state index contributed by atoms with van der Waals surface area (Å²) in [4.78, 5) is 79.6. The summed E-state index contributed by atoms with van der Waals surface area (Å²) in [5, 5.41) is 39.1. The maximum atomic E-state index is 14.0. The average Bonchev–Trinajstić information content (AvgIpc) is 3.94. The van der Waals surface area contributed by atoms with E-state index in [9.17, 15) is 43.7 Å². The molecule has 5 heterocycles. The van der Waals surface area contributed by atoms with Gasteiger partial charge in [0.15, 0.2) is 17.0 Å². The smallest absolute Gasteiger partial charge is 0.317 e. The second-order valence-corrected chi connectivity index (χ2v) is 15.0. The van der Waals surface area contributed by atoms with Crippen LogP contribution in [0, 0.1) is 0 Å². The van der Waals surface area contributed by atoms with Crippen LogP contribution in [-0.2, 0) is 37.6 Å². The Morgan fingerprint density at radius 1 is 0.871 bits per heavy atom. The number of carboxylic acid groups (broad SMARTS) is 3. The van der Waals surface area contributed by atoms with E-state index < -0.39 is 30.0 Å². The Balaban J connectivity index is 0.00000160. The highest BCUT2D eigenvalue weighted by atomic mass is 19.1. The lowest BCUT2D eigenvalue weighted by Crippen LogP contribution is -2.49. The molecule has 2 saturated heterocycles. The van der Waals surface area contributed by atoms with Crippen LogP contribution >= 0.6 is 0 Å². The molecule has 342 valence electrons. The third-order valence-electron chi connectivity index (χ3n) is 10.1. The summed E-state index contributed by atoms with van der Waals surface area (Å²) in [6.45, 7) is 6.87. The summed E-state index contributed by atoms with van der Waals surface area (Å²) >= 11 is 0. The molecule has 1 unspecified atom stereocenters. The summed E-state index contributed by atoms with van der Waals surface area (Å²) in [6.07, 6.45) is 6.32. The molecular formula is C38H59FN14O9. The second-order valence-electron chi connectivity index (χ2n) is 15.0. The number of unbranched alkanes of at least 4 members (excludes halogenated alkanes) is 2. The van der Waals surface area contributed by atoms with E-state index in [2.05, 4.69) is 43.0 Å². The summed E-state index contributed by atoms with van der Waals surface area (Å²) in [5.41, 5.74) is 6.29. The molecule has 23 nitrogen and oxygen atoms in total. The predicted molar refractivity (Wildman–Crippen MR) is 225 cm³/mol. The molecule has 3 aromatic rings. The van der Waals surface area contributed by atoms with E-state index in [0.29, 0.717) is 113 Å². The Labute approximate surface area is 358 Å². The zero-order valence-electron chi connectivity index (χ0n) is 35.3. The summed E-state index contributed by atoms with van der Waals surface area (Å²) in [6, 6.07) is 0. The third-order valence-corrected chi connectivity index (χ3v) is 10.1. The van der Waals surface area contributed by atoms with Crippen molar-refractivity contribution < 1.29 is 48.4 Å². The standard InChI is InChI=1S/C35H54FN13O8.C3H5NO/c1-43-24-38-31-32(40-35(41-33(31)43)48-9-6-25(36)18-48)39-26-19-49(42-34(26)57-2)8-5-3-4-7-37-27(50)20-44-10-12-45(21-28(51)52)14-16-47(23-30(55)56)17-15-46(13-11-44)22-29(53)54;1-2-3(4)5/h19,24-25H,3-18,20-23H2,1-2H3,(H,37,50)(H,51,52)(H,53,54)(H,55,56)(H,39,40,41);2H,1H2,(H2,4,5). The lowest BCUT2D eigenvalue weighted by atomic mass is 10.2. The van der Waals surface area contributed by atoms with Crippen LogP contribution in [0.3, 0.4) is 0 Å². The number of nitrogens with one attached hydrogen (secondary N) is 2. The van der Waals surface area contributed by atoms with Crippen molar-refractivity contribution in [1.82, 2.24) is 54.2 Å². The minimum atomic E-state index is -1.02. The highest BCUT2D eigenvalue weighted by molar-refractivity contribution is 5.87. The lowest BCUT2D eigenvalue weighted by molar-refractivity contribution is -0.140. The van der Waals surface area contributed by atoms with E-state index in [1.54, 1.807) is 30.3 Å². The number of imidazole rings is 1. The number of carbonyl (C=O) groups is 5. The molecule has 0 saturated carbocycles. The van der Waals surface area contributed by atoms with Gasteiger partial charge in [-0.15, -0.1) is 5.10 Å². The molecule has 1 atom stereocenters. The van der Waals surface area contributed by atoms with Gasteiger partial charge in [-0.1, -0.05) is 6.58 Å². The number of rotatable bonds is 19. The van der Waals surface area contributed by atoms with Crippen molar-refractivity contribution in [2.24, 2.45) is 12.8 Å². The number of halogens is 1. The molecule has 0 aliphatic carbocycles. The van der Waals surface area contributed by atoms with Crippen LogP contribution in [0.25, 0.3) is 11.2 Å². The Bertz CT molecular complexity index is 1950. The van der Waals surface area contributed by atoms with E-state index >= 15 is 0 Å². The van der Waals surface area contributed by atoms with E-state index in [1.165, 1.54) is 7.11 Å².